The summed E-state index contributed by atoms with van der Waals surface area (Å²) < 4.78 is 0. The molecule has 17 heavy (non-hydrogen) atoms. The molecule has 3 N–H and O–H groups in total. The number of hydrogen-bond donors (Lipinski definition) is 2. The summed E-state index contributed by atoms with van der Waals surface area (Å²) in [6.07, 6.45) is -0.0626. The maximum absolute atomic E-state index is 11.8. The lowest BCUT2D eigenvalue weighted by Gasteiger charge is -2.22. The van der Waals surface area contributed by atoms with Crippen molar-refractivity contribution in [3.63, 3.8) is 0 Å². The first-order valence-corrected chi connectivity index (χ1v) is 5.61. The van der Waals surface area contributed by atoms with Crippen LogP contribution in [0.3, 0.4) is 0 Å². The molecule has 7 heteroatoms. The van der Waals surface area contributed by atoms with Gasteiger partial charge >= 0.3 is 0 Å². The minimum Gasteiger partial charge on any atom is -0.369 e. The predicted molar refractivity (Wildman–Crippen MR) is 62.7 cm³/mol. The first-order valence-electron chi connectivity index (χ1n) is 4.73. The predicted octanol–water partition coefficient (Wildman–Crippen LogP) is -0.0452. The van der Waals surface area contributed by atoms with Crippen LogP contribution in [-0.4, -0.2) is 30.4 Å². The Morgan fingerprint density at radius 1 is 1.53 bits per heavy atom. The second kappa shape index (κ2) is 3.77. The van der Waals surface area contributed by atoms with Crippen LogP contribution in [0.4, 0.5) is 5.00 Å². The lowest BCUT2D eigenvalue weighted by atomic mass is 9.98. The van der Waals surface area contributed by atoms with Gasteiger partial charge in [-0.25, -0.2) is 0 Å². The van der Waals surface area contributed by atoms with Crippen molar-refractivity contribution in [2.75, 3.05) is 11.9 Å². The van der Waals surface area contributed by atoms with Crippen LogP contribution in [-0.2, 0) is 16.0 Å². The number of carbonyl (C=O) groups is 3. The maximum atomic E-state index is 11.8. The van der Waals surface area contributed by atoms with Gasteiger partial charge in [-0.05, 0) is 10.9 Å². The lowest BCUT2D eigenvalue weighted by Crippen LogP contribution is -2.42. The Kier molecular flexibility index (Phi) is 2.55. The lowest BCUT2D eigenvalue weighted by molar-refractivity contribution is -0.117. The van der Waals surface area contributed by atoms with Crippen LogP contribution in [0.2, 0.25) is 0 Å². The largest absolute Gasteiger partial charge is 0.369 e. The first kappa shape index (κ1) is 11.5. The summed E-state index contributed by atoms with van der Waals surface area (Å²) in [5, 5.41) is 9.51. The molecular weight excluding hydrogens is 242 g/mol. The Morgan fingerprint density at radius 3 is 2.76 bits per heavy atom. The molecule has 0 bridgehead atoms. The Labute approximate surface area is 101 Å². The molecule has 1 aromatic rings. The van der Waals surface area contributed by atoms with Crippen LogP contribution >= 0.6 is 11.3 Å². The molecule has 1 aromatic heterocycles. The number of rotatable bonds is 2. The number of carbonyl (C=O) groups excluding carboxylic acids is 3. The molecule has 0 unspecified atom stereocenters. The van der Waals surface area contributed by atoms with Gasteiger partial charge in [0.25, 0.3) is 5.91 Å². The Hall–Kier alpha value is -2.02. The number of nitrogens with one attached hydrogen (secondary N) is 1. The highest BCUT2D eigenvalue weighted by Crippen LogP contribution is 2.35. The average molecular weight is 251 g/mol. The highest BCUT2D eigenvalue weighted by Gasteiger charge is 2.36. The van der Waals surface area contributed by atoms with Gasteiger partial charge in [-0.15, -0.1) is 11.3 Å². The van der Waals surface area contributed by atoms with Gasteiger partial charge in [0.15, 0.2) is 5.71 Å². The van der Waals surface area contributed by atoms with E-state index in [-0.39, 0.29) is 12.0 Å². The van der Waals surface area contributed by atoms with Gasteiger partial charge in [0, 0.05) is 7.05 Å². The molecule has 88 valence electrons. The Bertz CT molecular complexity index is 561. The monoisotopic (exact) mass is 251 g/mol. The maximum Gasteiger partial charge on any atom is 0.280 e. The number of nitrogens with two attached hydrogens (primary N) is 1. The van der Waals surface area contributed by atoms with Crippen LogP contribution in [0.15, 0.2) is 5.38 Å². The number of primary amides is 1. The highest BCUT2D eigenvalue weighted by molar-refractivity contribution is 7.15. The van der Waals surface area contributed by atoms with Crippen LogP contribution in [0, 0.1) is 5.41 Å². The minimum absolute atomic E-state index is 0.0626. The molecule has 1 aliphatic rings. The number of ketones is 1. The van der Waals surface area contributed by atoms with Crippen molar-refractivity contribution in [3.8, 4) is 0 Å². The summed E-state index contributed by atoms with van der Waals surface area (Å²) in [7, 11) is 1.49. The van der Waals surface area contributed by atoms with E-state index in [1.807, 2.05) is 0 Å². The fourth-order valence-corrected chi connectivity index (χ4v) is 2.71. The van der Waals surface area contributed by atoms with Gasteiger partial charge < -0.3 is 10.6 Å². The van der Waals surface area contributed by atoms with Crippen LogP contribution in [0.1, 0.15) is 15.9 Å². The summed E-state index contributed by atoms with van der Waals surface area (Å²) in [4.78, 5) is 35.5. The van der Waals surface area contributed by atoms with Crippen molar-refractivity contribution >= 4 is 39.6 Å². The zero-order valence-electron chi connectivity index (χ0n) is 8.94. The molecule has 0 saturated heterocycles. The fraction of sp³-hybridized carbons (Fsp3) is 0.200. The normalized spacial score (nSPS) is 15.1. The highest BCUT2D eigenvalue weighted by atomic mass is 32.1. The summed E-state index contributed by atoms with van der Waals surface area (Å²) in [6, 6.07) is 0. The molecular formula is C10H9N3O3S. The molecule has 0 aromatic carbocycles. The minimum atomic E-state index is -0.638. The molecule has 2 amide bonds. The smallest absolute Gasteiger partial charge is 0.280 e. The van der Waals surface area contributed by atoms with Crippen molar-refractivity contribution in [1.29, 1.82) is 5.41 Å². The molecule has 2 rings (SSSR count). The molecule has 0 spiro atoms. The Balaban J connectivity index is 2.57. The van der Waals surface area contributed by atoms with Crippen LogP contribution in [0.25, 0.3) is 0 Å². The van der Waals surface area contributed by atoms with E-state index >= 15 is 0 Å². The molecule has 0 aliphatic carbocycles. The Morgan fingerprint density at radius 2 is 2.18 bits per heavy atom. The van der Waals surface area contributed by atoms with E-state index in [9.17, 15) is 14.4 Å². The average Bonchev–Trinajstić information content (AvgIpc) is 2.66. The van der Waals surface area contributed by atoms with E-state index in [1.54, 1.807) is 5.38 Å². The number of nitrogens with zero attached hydrogens (tertiary/aromatic N) is 1. The third-order valence-electron chi connectivity index (χ3n) is 2.49. The number of amides is 2. The summed E-state index contributed by atoms with van der Waals surface area (Å²) in [5.74, 6) is -1.82. The van der Waals surface area contributed by atoms with Gasteiger partial charge in [0.05, 0.1) is 12.0 Å². The van der Waals surface area contributed by atoms with E-state index < -0.39 is 23.3 Å². The van der Waals surface area contributed by atoms with Gasteiger partial charge in [-0.1, -0.05) is 0 Å². The second-order valence-electron chi connectivity index (χ2n) is 3.65. The number of anilines is 1. The van der Waals surface area contributed by atoms with Gasteiger partial charge in [-0.2, -0.15) is 0 Å². The standard InChI is InChI=1S/C10H9N3O3S/c1-13-9(16)7(12)8(15)6-4(2-5(11)14)3-17-10(6)13/h3,12H,2H2,1H3,(H2,11,14). The van der Waals surface area contributed by atoms with E-state index in [0.717, 1.165) is 0 Å². The van der Waals surface area contributed by atoms with Crippen molar-refractivity contribution < 1.29 is 14.4 Å². The third-order valence-corrected chi connectivity index (χ3v) is 3.59. The molecule has 0 saturated carbocycles. The number of thiophene rings is 1. The number of fused-ring (bicyclic) bond motifs is 1. The number of hydrogen-bond acceptors (Lipinski definition) is 5. The van der Waals surface area contributed by atoms with Crippen molar-refractivity contribution in [3.05, 3.63) is 16.5 Å². The first-order chi connectivity index (χ1) is 7.93. The van der Waals surface area contributed by atoms with Crippen LogP contribution < -0.4 is 10.6 Å². The zero-order chi connectivity index (χ0) is 12.7. The van der Waals surface area contributed by atoms with Gasteiger partial charge in [-0.3, -0.25) is 19.8 Å². The SMILES string of the molecule is CN1C(=O)C(=N)C(=O)c2c(CC(N)=O)csc21. The fourth-order valence-electron chi connectivity index (χ4n) is 1.67. The molecule has 1 aliphatic heterocycles. The topological polar surface area (TPSA) is 104 Å². The quantitative estimate of drug-likeness (QED) is 0.770. The third kappa shape index (κ3) is 1.64. The molecule has 2 heterocycles. The van der Waals surface area contributed by atoms with Crippen molar-refractivity contribution in [2.45, 2.75) is 6.42 Å². The zero-order valence-corrected chi connectivity index (χ0v) is 9.76. The molecule has 0 fully saturated rings. The second-order valence-corrected chi connectivity index (χ2v) is 4.51. The van der Waals surface area contributed by atoms with Crippen molar-refractivity contribution in [2.24, 2.45) is 5.73 Å². The summed E-state index contributed by atoms with van der Waals surface area (Å²) in [5.41, 5.74) is 5.23. The van der Waals surface area contributed by atoms with Gasteiger partial charge in [0.2, 0.25) is 11.7 Å². The van der Waals surface area contributed by atoms with Crippen molar-refractivity contribution in [1.82, 2.24) is 0 Å². The summed E-state index contributed by atoms with van der Waals surface area (Å²) >= 11 is 1.19. The van der Waals surface area contributed by atoms with E-state index in [0.29, 0.717) is 10.6 Å². The molecule has 0 radical (unpaired) electrons. The molecule has 0 atom stereocenters. The number of Topliss-reactive ketones (excluding diaryl/α,β-unsaturated/α-hetero) is 1. The van der Waals surface area contributed by atoms with E-state index in [4.69, 9.17) is 11.1 Å². The van der Waals surface area contributed by atoms with E-state index in [2.05, 4.69) is 0 Å². The summed E-state index contributed by atoms with van der Waals surface area (Å²) in [6.45, 7) is 0. The molecule has 6 nitrogen and oxygen atoms in total. The van der Waals surface area contributed by atoms with E-state index in [1.165, 1.54) is 23.3 Å². The van der Waals surface area contributed by atoms with Crippen LogP contribution in [0.5, 0.6) is 0 Å². The van der Waals surface area contributed by atoms with Gasteiger partial charge in [0.1, 0.15) is 5.00 Å².